The maximum absolute atomic E-state index is 9.33. The van der Waals surface area contributed by atoms with Gasteiger partial charge in [-0.3, -0.25) is 4.90 Å². The SMILES string of the molecule is CCCN(CCNCCNC)CCN(CCO)CCN(CC)CCO. The highest BCUT2D eigenvalue weighted by Crippen LogP contribution is 1.96. The Labute approximate surface area is 155 Å². The Bertz CT molecular complexity index is 272. The summed E-state index contributed by atoms with van der Waals surface area (Å²) in [6.07, 6.45) is 1.16. The predicted molar refractivity (Wildman–Crippen MR) is 106 cm³/mol. The maximum atomic E-state index is 9.33. The molecule has 0 aliphatic heterocycles. The van der Waals surface area contributed by atoms with Crippen LogP contribution < -0.4 is 10.6 Å². The van der Waals surface area contributed by atoms with Crippen molar-refractivity contribution >= 4 is 0 Å². The molecular formula is C18H43N5O2. The fraction of sp³-hybridized carbons (Fsp3) is 1.00. The normalized spacial score (nSPS) is 12.0. The second kappa shape index (κ2) is 18.5. The first kappa shape index (κ1) is 24.7. The molecule has 0 spiro atoms. The number of rotatable bonds is 19. The molecule has 0 aromatic carbocycles. The van der Waals surface area contributed by atoms with Gasteiger partial charge in [-0.05, 0) is 26.6 Å². The van der Waals surface area contributed by atoms with Crippen LogP contribution in [0.5, 0.6) is 0 Å². The molecule has 0 amide bonds. The Kier molecular flexibility index (Phi) is 18.3. The summed E-state index contributed by atoms with van der Waals surface area (Å²) in [4.78, 5) is 7.08. The van der Waals surface area contributed by atoms with E-state index in [0.29, 0.717) is 0 Å². The molecule has 0 saturated carbocycles. The van der Waals surface area contributed by atoms with Gasteiger partial charge in [-0.25, -0.2) is 0 Å². The number of likely N-dealkylation sites (N-methyl/N-ethyl adjacent to an activating group) is 2. The molecule has 25 heavy (non-hydrogen) atoms. The summed E-state index contributed by atoms with van der Waals surface area (Å²) in [5.74, 6) is 0. The fourth-order valence-electron chi connectivity index (χ4n) is 2.84. The summed E-state index contributed by atoms with van der Waals surface area (Å²) >= 11 is 0. The van der Waals surface area contributed by atoms with E-state index in [0.717, 1.165) is 85.0 Å². The number of hydrogen-bond donors (Lipinski definition) is 4. The van der Waals surface area contributed by atoms with Crippen LogP contribution >= 0.6 is 0 Å². The van der Waals surface area contributed by atoms with Crippen molar-refractivity contribution < 1.29 is 10.2 Å². The number of nitrogens with one attached hydrogen (secondary N) is 2. The Morgan fingerprint density at radius 3 is 1.72 bits per heavy atom. The Balaban J connectivity index is 4.17. The second-order valence-electron chi connectivity index (χ2n) is 6.42. The van der Waals surface area contributed by atoms with Crippen LogP contribution in [0.25, 0.3) is 0 Å². The minimum absolute atomic E-state index is 0.200. The quantitative estimate of drug-likeness (QED) is 0.223. The van der Waals surface area contributed by atoms with Crippen molar-refractivity contribution in [3.8, 4) is 0 Å². The highest BCUT2D eigenvalue weighted by atomic mass is 16.3. The molecular weight excluding hydrogens is 318 g/mol. The van der Waals surface area contributed by atoms with Crippen LogP contribution in [0, 0.1) is 0 Å². The molecule has 0 aliphatic carbocycles. The first-order valence-electron chi connectivity index (χ1n) is 9.95. The topological polar surface area (TPSA) is 74.2 Å². The minimum Gasteiger partial charge on any atom is -0.395 e. The maximum Gasteiger partial charge on any atom is 0.0558 e. The average molecular weight is 362 g/mol. The van der Waals surface area contributed by atoms with Gasteiger partial charge < -0.3 is 30.6 Å². The van der Waals surface area contributed by atoms with Gasteiger partial charge in [0.25, 0.3) is 0 Å². The van der Waals surface area contributed by atoms with E-state index in [1.165, 1.54) is 0 Å². The van der Waals surface area contributed by atoms with E-state index >= 15 is 0 Å². The van der Waals surface area contributed by atoms with Gasteiger partial charge in [0, 0.05) is 65.4 Å². The van der Waals surface area contributed by atoms with E-state index in [9.17, 15) is 5.11 Å². The van der Waals surface area contributed by atoms with E-state index in [-0.39, 0.29) is 13.2 Å². The van der Waals surface area contributed by atoms with Crippen LogP contribution in [0.4, 0.5) is 0 Å². The van der Waals surface area contributed by atoms with Gasteiger partial charge in [0.05, 0.1) is 13.2 Å². The summed E-state index contributed by atoms with van der Waals surface area (Å²) in [7, 11) is 1.97. The van der Waals surface area contributed by atoms with Gasteiger partial charge in [-0.2, -0.15) is 0 Å². The minimum atomic E-state index is 0.200. The third-order valence-corrected chi connectivity index (χ3v) is 4.44. The summed E-state index contributed by atoms with van der Waals surface area (Å²) in [5.41, 5.74) is 0. The van der Waals surface area contributed by atoms with Crippen LogP contribution in [-0.2, 0) is 0 Å². The van der Waals surface area contributed by atoms with Gasteiger partial charge in [0.1, 0.15) is 0 Å². The molecule has 0 heterocycles. The smallest absolute Gasteiger partial charge is 0.0558 e. The third kappa shape index (κ3) is 14.6. The number of hydrogen-bond acceptors (Lipinski definition) is 7. The molecule has 7 nitrogen and oxygen atoms in total. The van der Waals surface area contributed by atoms with E-state index in [4.69, 9.17) is 5.11 Å². The standard InChI is InChI=1S/C18H43N5O2/c1-4-9-22(10-8-20-7-6-19-3)13-14-23(16-18-25)12-11-21(5-2)15-17-24/h19-20,24-25H,4-18H2,1-3H3. The van der Waals surface area contributed by atoms with E-state index in [1.54, 1.807) is 0 Å². The molecule has 0 rings (SSSR count). The molecule has 0 atom stereocenters. The molecule has 0 aliphatic rings. The monoisotopic (exact) mass is 361 g/mol. The van der Waals surface area contributed by atoms with Crippen molar-refractivity contribution in [2.75, 3.05) is 98.8 Å². The first-order chi connectivity index (χ1) is 12.2. The van der Waals surface area contributed by atoms with Gasteiger partial charge in [0.15, 0.2) is 0 Å². The van der Waals surface area contributed by atoms with Crippen molar-refractivity contribution in [1.29, 1.82) is 0 Å². The summed E-state index contributed by atoms with van der Waals surface area (Å²) in [6, 6.07) is 0. The largest absolute Gasteiger partial charge is 0.395 e. The molecule has 0 saturated heterocycles. The van der Waals surface area contributed by atoms with Crippen LogP contribution in [0.3, 0.4) is 0 Å². The highest BCUT2D eigenvalue weighted by Gasteiger charge is 2.10. The van der Waals surface area contributed by atoms with Crippen LogP contribution in [0.2, 0.25) is 0 Å². The molecule has 7 heteroatoms. The van der Waals surface area contributed by atoms with E-state index < -0.39 is 0 Å². The van der Waals surface area contributed by atoms with Gasteiger partial charge in [0.2, 0.25) is 0 Å². The molecule has 152 valence electrons. The zero-order valence-corrected chi connectivity index (χ0v) is 16.8. The Hall–Kier alpha value is -0.280. The lowest BCUT2D eigenvalue weighted by Crippen LogP contribution is -2.43. The lowest BCUT2D eigenvalue weighted by molar-refractivity contribution is 0.140. The van der Waals surface area contributed by atoms with Crippen molar-refractivity contribution in [1.82, 2.24) is 25.3 Å². The molecule has 4 N–H and O–H groups in total. The van der Waals surface area contributed by atoms with Gasteiger partial charge in [-0.15, -0.1) is 0 Å². The van der Waals surface area contributed by atoms with Gasteiger partial charge >= 0.3 is 0 Å². The lowest BCUT2D eigenvalue weighted by atomic mass is 10.3. The van der Waals surface area contributed by atoms with E-state index in [2.05, 4.69) is 39.2 Å². The summed E-state index contributed by atoms with van der Waals surface area (Å²) < 4.78 is 0. The van der Waals surface area contributed by atoms with Crippen LogP contribution in [0.1, 0.15) is 20.3 Å². The molecule has 0 radical (unpaired) electrons. The molecule has 0 aromatic heterocycles. The lowest BCUT2D eigenvalue weighted by Gasteiger charge is -2.29. The molecule has 0 aromatic rings. The fourth-order valence-corrected chi connectivity index (χ4v) is 2.84. The first-order valence-corrected chi connectivity index (χ1v) is 9.95. The second-order valence-corrected chi connectivity index (χ2v) is 6.42. The Morgan fingerprint density at radius 2 is 1.20 bits per heavy atom. The summed E-state index contributed by atoms with van der Waals surface area (Å²) in [5, 5.41) is 25.0. The van der Waals surface area contributed by atoms with Crippen molar-refractivity contribution in [2.24, 2.45) is 0 Å². The van der Waals surface area contributed by atoms with Crippen LogP contribution in [-0.4, -0.2) is 124 Å². The zero-order chi connectivity index (χ0) is 18.8. The van der Waals surface area contributed by atoms with E-state index in [1.807, 2.05) is 7.05 Å². The number of aliphatic hydroxyl groups is 2. The average Bonchev–Trinajstić information content (AvgIpc) is 2.62. The molecule has 0 unspecified atom stereocenters. The third-order valence-electron chi connectivity index (χ3n) is 4.44. The number of nitrogens with zero attached hydrogens (tertiary/aromatic N) is 3. The molecule has 0 bridgehead atoms. The highest BCUT2D eigenvalue weighted by molar-refractivity contribution is 4.67. The molecule has 0 fully saturated rings. The van der Waals surface area contributed by atoms with Crippen molar-refractivity contribution in [3.05, 3.63) is 0 Å². The Morgan fingerprint density at radius 1 is 0.640 bits per heavy atom. The van der Waals surface area contributed by atoms with Crippen molar-refractivity contribution in [3.63, 3.8) is 0 Å². The number of aliphatic hydroxyl groups excluding tert-OH is 2. The zero-order valence-electron chi connectivity index (χ0n) is 16.8. The van der Waals surface area contributed by atoms with Crippen molar-refractivity contribution in [2.45, 2.75) is 20.3 Å². The predicted octanol–water partition coefficient (Wildman–Crippen LogP) is -0.884. The van der Waals surface area contributed by atoms with Crippen LogP contribution in [0.15, 0.2) is 0 Å². The van der Waals surface area contributed by atoms with Gasteiger partial charge in [-0.1, -0.05) is 13.8 Å². The summed E-state index contributed by atoms with van der Waals surface area (Å²) in [6.45, 7) is 16.2.